The Morgan fingerprint density at radius 2 is 2.11 bits per heavy atom. The molecule has 96 valence electrons. The Balaban J connectivity index is 2.49. The largest absolute Gasteiger partial charge is 0.453 e. The summed E-state index contributed by atoms with van der Waals surface area (Å²) in [4.78, 5) is 0. The maximum absolute atomic E-state index is 13.5. The highest BCUT2D eigenvalue weighted by molar-refractivity contribution is 9.10. The summed E-state index contributed by atoms with van der Waals surface area (Å²) in [6, 6.07) is 9.53. The average molecular weight is 321 g/mol. The predicted octanol–water partition coefficient (Wildman–Crippen LogP) is 4.14. The van der Waals surface area contributed by atoms with Crippen molar-refractivity contribution in [2.75, 3.05) is 5.73 Å². The summed E-state index contributed by atoms with van der Waals surface area (Å²) >= 11 is 3.32. The first-order valence-corrected chi connectivity index (χ1v) is 6.24. The first-order valence-electron chi connectivity index (χ1n) is 5.45. The van der Waals surface area contributed by atoms with Gasteiger partial charge >= 0.3 is 0 Å². The number of halogens is 2. The Morgan fingerprint density at radius 1 is 1.37 bits per heavy atom. The first kappa shape index (κ1) is 13.4. The summed E-state index contributed by atoms with van der Waals surface area (Å²) in [5.41, 5.74) is 6.94. The zero-order valence-electron chi connectivity index (χ0n) is 10.1. The van der Waals surface area contributed by atoms with Crippen molar-refractivity contribution in [1.82, 2.24) is 0 Å². The van der Waals surface area contributed by atoms with Gasteiger partial charge in [0.05, 0.1) is 5.69 Å². The normalized spacial score (nSPS) is 10.0. The number of nitrogen functional groups attached to an aromatic ring is 1. The molecule has 2 rings (SSSR count). The topological polar surface area (TPSA) is 59.0 Å². The van der Waals surface area contributed by atoms with E-state index in [4.69, 9.17) is 15.7 Å². The summed E-state index contributed by atoms with van der Waals surface area (Å²) in [6.07, 6.45) is 0. The van der Waals surface area contributed by atoms with Crippen molar-refractivity contribution < 1.29 is 9.13 Å². The molecule has 0 atom stereocenters. The average Bonchev–Trinajstić information content (AvgIpc) is 2.34. The highest BCUT2D eigenvalue weighted by Gasteiger charge is 2.13. The zero-order valence-corrected chi connectivity index (χ0v) is 11.7. The van der Waals surface area contributed by atoms with Crippen LogP contribution in [0, 0.1) is 24.1 Å². The Labute approximate surface area is 118 Å². The lowest BCUT2D eigenvalue weighted by molar-refractivity contribution is 0.473. The van der Waals surface area contributed by atoms with E-state index in [2.05, 4.69) is 15.9 Å². The van der Waals surface area contributed by atoms with E-state index in [1.165, 1.54) is 18.2 Å². The fourth-order valence-corrected chi connectivity index (χ4v) is 2.29. The summed E-state index contributed by atoms with van der Waals surface area (Å²) in [6.45, 7) is 1.82. The molecule has 0 saturated heterocycles. The van der Waals surface area contributed by atoms with Gasteiger partial charge in [-0.1, -0.05) is 22.0 Å². The second kappa shape index (κ2) is 5.29. The molecule has 0 aliphatic carbocycles. The van der Waals surface area contributed by atoms with Gasteiger partial charge in [0.2, 0.25) is 0 Å². The molecule has 0 aliphatic heterocycles. The van der Waals surface area contributed by atoms with Crippen molar-refractivity contribution in [2.24, 2.45) is 0 Å². The Morgan fingerprint density at radius 3 is 2.74 bits per heavy atom. The van der Waals surface area contributed by atoms with Crippen LogP contribution in [0.25, 0.3) is 0 Å². The molecule has 0 aliphatic rings. The van der Waals surface area contributed by atoms with Gasteiger partial charge < -0.3 is 10.5 Å². The van der Waals surface area contributed by atoms with Crippen LogP contribution in [-0.2, 0) is 0 Å². The van der Waals surface area contributed by atoms with E-state index in [1.807, 2.05) is 13.0 Å². The molecule has 0 fully saturated rings. The van der Waals surface area contributed by atoms with E-state index in [0.717, 1.165) is 10.0 Å². The van der Waals surface area contributed by atoms with E-state index < -0.39 is 5.82 Å². The number of benzene rings is 2. The molecule has 0 heterocycles. The smallest absolute Gasteiger partial charge is 0.153 e. The Hall–Kier alpha value is -2.06. The quantitative estimate of drug-likeness (QED) is 0.846. The van der Waals surface area contributed by atoms with Crippen LogP contribution in [-0.4, -0.2) is 0 Å². The molecule has 2 aromatic carbocycles. The number of ether oxygens (including phenoxy) is 1. The molecule has 0 radical (unpaired) electrons. The van der Waals surface area contributed by atoms with Crippen molar-refractivity contribution >= 4 is 21.6 Å². The van der Waals surface area contributed by atoms with E-state index in [0.29, 0.717) is 11.4 Å². The predicted molar refractivity (Wildman–Crippen MR) is 74.5 cm³/mol. The molecule has 0 aromatic heterocycles. The van der Waals surface area contributed by atoms with E-state index in [1.54, 1.807) is 12.1 Å². The molecule has 2 N–H and O–H groups in total. The van der Waals surface area contributed by atoms with E-state index in [-0.39, 0.29) is 11.3 Å². The summed E-state index contributed by atoms with van der Waals surface area (Å²) in [5, 5.41) is 8.95. The van der Waals surface area contributed by atoms with Gasteiger partial charge in [-0.15, -0.1) is 0 Å². The molecule has 5 heteroatoms. The second-order valence-electron chi connectivity index (χ2n) is 3.97. The molecular formula is C14H10BrFN2O. The van der Waals surface area contributed by atoms with Crippen LogP contribution < -0.4 is 10.5 Å². The SMILES string of the molecule is Cc1cc(Br)cc(N)c1Oc1cccc(F)c1C#N. The van der Waals surface area contributed by atoms with Crippen molar-refractivity contribution in [2.45, 2.75) is 6.92 Å². The fraction of sp³-hybridized carbons (Fsp3) is 0.0714. The number of rotatable bonds is 2. The van der Waals surface area contributed by atoms with Crippen LogP contribution >= 0.6 is 15.9 Å². The molecule has 3 nitrogen and oxygen atoms in total. The van der Waals surface area contributed by atoms with Crippen molar-refractivity contribution in [3.05, 3.63) is 51.7 Å². The van der Waals surface area contributed by atoms with Crippen LogP contribution in [0.1, 0.15) is 11.1 Å². The third kappa shape index (κ3) is 2.69. The van der Waals surface area contributed by atoms with Gasteiger partial charge in [-0.25, -0.2) is 4.39 Å². The van der Waals surface area contributed by atoms with Crippen molar-refractivity contribution in [3.63, 3.8) is 0 Å². The highest BCUT2D eigenvalue weighted by atomic mass is 79.9. The number of hydrogen-bond donors (Lipinski definition) is 1. The zero-order chi connectivity index (χ0) is 14.0. The van der Waals surface area contributed by atoms with Gasteiger partial charge in [0.25, 0.3) is 0 Å². The monoisotopic (exact) mass is 320 g/mol. The summed E-state index contributed by atoms with van der Waals surface area (Å²) in [5.74, 6) is -0.0433. The van der Waals surface area contributed by atoms with Gasteiger partial charge in [0.15, 0.2) is 5.75 Å². The summed E-state index contributed by atoms with van der Waals surface area (Å²) in [7, 11) is 0. The Bertz CT molecular complexity index is 657. The number of nitrogens with zero attached hydrogens (tertiary/aromatic N) is 1. The molecule has 2 aromatic rings. The van der Waals surface area contributed by atoms with Crippen molar-refractivity contribution in [3.8, 4) is 17.6 Å². The lowest BCUT2D eigenvalue weighted by Gasteiger charge is -2.13. The van der Waals surface area contributed by atoms with Gasteiger partial charge in [0.1, 0.15) is 23.2 Å². The minimum absolute atomic E-state index is 0.135. The van der Waals surface area contributed by atoms with Gasteiger partial charge in [0, 0.05) is 4.47 Å². The number of hydrogen-bond acceptors (Lipinski definition) is 3. The summed E-state index contributed by atoms with van der Waals surface area (Å²) < 4.78 is 19.9. The standard InChI is InChI=1S/C14H10BrFN2O/c1-8-5-9(15)6-12(18)14(8)19-13-4-2-3-11(16)10(13)7-17/h2-6H,18H2,1H3. The third-order valence-electron chi connectivity index (χ3n) is 2.57. The van der Waals surface area contributed by atoms with Crippen LogP contribution in [0.4, 0.5) is 10.1 Å². The minimum Gasteiger partial charge on any atom is -0.453 e. The molecular weight excluding hydrogens is 311 g/mol. The van der Waals surface area contributed by atoms with Gasteiger partial charge in [-0.3, -0.25) is 0 Å². The van der Waals surface area contributed by atoms with Crippen LogP contribution in [0.3, 0.4) is 0 Å². The van der Waals surface area contributed by atoms with E-state index >= 15 is 0 Å². The maximum Gasteiger partial charge on any atom is 0.153 e. The highest BCUT2D eigenvalue weighted by Crippen LogP contribution is 2.35. The number of nitrogens with two attached hydrogens (primary N) is 1. The van der Waals surface area contributed by atoms with Crippen LogP contribution in [0.2, 0.25) is 0 Å². The second-order valence-corrected chi connectivity index (χ2v) is 4.88. The van der Waals surface area contributed by atoms with Crippen LogP contribution in [0.15, 0.2) is 34.8 Å². The molecule has 0 amide bonds. The fourth-order valence-electron chi connectivity index (χ4n) is 1.70. The number of aryl methyl sites for hydroxylation is 1. The molecule has 0 bridgehead atoms. The van der Waals surface area contributed by atoms with Gasteiger partial charge in [-0.05, 0) is 36.8 Å². The van der Waals surface area contributed by atoms with Crippen LogP contribution in [0.5, 0.6) is 11.5 Å². The Kier molecular flexibility index (Phi) is 3.72. The number of anilines is 1. The lowest BCUT2D eigenvalue weighted by atomic mass is 10.1. The first-order chi connectivity index (χ1) is 9.02. The molecule has 0 unspecified atom stereocenters. The van der Waals surface area contributed by atoms with E-state index in [9.17, 15) is 4.39 Å². The minimum atomic E-state index is -0.617. The number of nitriles is 1. The lowest BCUT2D eigenvalue weighted by Crippen LogP contribution is -1.97. The third-order valence-corrected chi connectivity index (χ3v) is 3.03. The molecule has 0 saturated carbocycles. The van der Waals surface area contributed by atoms with Gasteiger partial charge in [-0.2, -0.15) is 5.26 Å². The molecule has 19 heavy (non-hydrogen) atoms. The van der Waals surface area contributed by atoms with Crippen molar-refractivity contribution in [1.29, 1.82) is 5.26 Å². The molecule has 0 spiro atoms. The maximum atomic E-state index is 13.5.